The Kier molecular flexibility index (Phi) is 5.11. The average molecular weight is 370 g/mol. The zero-order chi connectivity index (χ0) is 19.3. The van der Waals surface area contributed by atoms with Gasteiger partial charge in [0.25, 0.3) is 5.91 Å². The van der Waals surface area contributed by atoms with E-state index in [4.69, 9.17) is 0 Å². The molecule has 1 unspecified atom stereocenters. The number of hydrogen-bond acceptors (Lipinski definition) is 2. The van der Waals surface area contributed by atoms with E-state index in [9.17, 15) is 9.18 Å². The lowest BCUT2D eigenvalue weighted by atomic mass is 9.98. The van der Waals surface area contributed by atoms with Crippen LogP contribution in [0.1, 0.15) is 29.2 Å². The van der Waals surface area contributed by atoms with E-state index in [1.54, 1.807) is 18.2 Å². The number of carbonyl (C=O) groups is 1. The molecule has 1 atom stereocenters. The van der Waals surface area contributed by atoms with Crippen LogP contribution in [0.15, 0.2) is 96.1 Å². The Labute approximate surface area is 163 Å². The monoisotopic (exact) mass is 370 g/mol. The first-order chi connectivity index (χ1) is 13.7. The molecule has 0 bridgehead atoms. The summed E-state index contributed by atoms with van der Waals surface area (Å²) in [6, 6.07) is 25.4. The van der Waals surface area contributed by atoms with Crippen molar-refractivity contribution in [3.63, 3.8) is 0 Å². The maximum absolute atomic E-state index is 13.4. The molecule has 3 aromatic carbocycles. The molecule has 3 aromatic rings. The molecule has 4 heteroatoms. The van der Waals surface area contributed by atoms with Crippen molar-refractivity contribution in [2.45, 2.75) is 12.5 Å². The summed E-state index contributed by atoms with van der Waals surface area (Å²) in [7, 11) is 0. The van der Waals surface area contributed by atoms with E-state index < -0.39 is 0 Å². The van der Waals surface area contributed by atoms with Crippen LogP contribution in [-0.2, 0) is 4.79 Å². The summed E-state index contributed by atoms with van der Waals surface area (Å²) >= 11 is 0. The van der Waals surface area contributed by atoms with Crippen LogP contribution in [0.5, 0.6) is 0 Å². The number of rotatable bonds is 4. The molecule has 0 spiro atoms. The third-order valence-electron chi connectivity index (χ3n) is 4.72. The van der Waals surface area contributed by atoms with Gasteiger partial charge in [0, 0.05) is 12.5 Å². The minimum atomic E-state index is -0.298. The maximum atomic E-state index is 13.4. The molecule has 28 heavy (non-hydrogen) atoms. The third kappa shape index (κ3) is 3.91. The third-order valence-corrected chi connectivity index (χ3v) is 4.72. The second-order valence-electron chi connectivity index (χ2n) is 6.61. The van der Waals surface area contributed by atoms with E-state index in [0.717, 1.165) is 22.4 Å². The van der Waals surface area contributed by atoms with Crippen molar-refractivity contribution in [1.82, 2.24) is 5.01 Å². The highest BCUT2D eigenvalue weighted by Crippen LogP contribution is 2.33. The Morgan fingerprint density at radius 1 is 0.929 bits per heavy atom. The molecule has 0 radical (unpaired) electrons. The zero-order valence-electron chi connectivity index (χ0n) is 15.2. The van der Waals surface area contributed by atoms with E-state index in [2.05, 4.69) is 5.10 Å². The van der Waals surface area contributed by atoms with Crippen LogP contribution in [-0.4, -0.2) is 16.6 Å². The zero-order valence-corrected chi connectivity index (χ0v) is 15.2. The van der Waals surface area contributed by atoms with Gasteiger partial charge < -0.3 is 0 Å². The molecule has 4 rings (SSSR count). The Morgan fingerprint density at radius 2 is 1.57 bits per heavy atom. The van der Waals surface area contributed by atoms with Gasteiger partial charge in [0.1, 0.15) is 5.82 Å². The Balaban J connectivity index is 1.64. The molecular formula is C24H19FN2O. The van der Waals surface area contributed by atoms with Crippen molar-refractivity contribution >= 4 is 17.7 Å². The van der Waals surface area contributed by atoms with Crippen molar-refractivity contribution in [3.05, 3.63) is 114 Å². The van der Waals surface area contributed by atoms with Gasteiger partial charge in [0.2, 0.25) is 0 Å². The fourth-order valence-corrected chi connectivity index (χ4v) is 3.27. The Hall–Kier alpha value is -3.53. The summed E-state index contributed by atoms with van der Waals surface area (Å²) in [4.78, 5) is 12.9. The highest BCUT2D eigenvalue weighted by atomic mass is 19.1. The minimum absolute atomic E-state index is 0.205. The standard InChI is InChI=1S/C24H19FN2O/c25-21-14-12-20(13-15-21)23-17-22(19-9-5-2-6-10-19)26-27(23)24(28)16-11-18-7-3-1-4-8-18/h1-16,23H,17H2/b16-11+. The first-order valence-corrected chi connectivity index (χ1v) is 9.15. The summed E-state index contributed by atoms with van der Waals surface area (Å²) < 4.78 is 13.4. The van der Waals surface area contributed by atoms with Gasteiger partial charge in [0.15, 0.2) is 0 Å². The van der Waals surface area contributed by atoms with Gasteiger partial charge in [-0.3, -0.25) is 4.79 Å². The van der Waals surface area contributed by atoms with Crippen LogP contribution in [0.4, 0.5) is 4.39 Å². The quantitative estimate of drug-likeness (QED) is 0.580. The van der Waals surface area contributed by atoms with Gasteiger partial charge in [-0.25, -0.2) is 9.40 Å². The molecule has 0 saturated heterocycles. The van der Waals surface area contributed by atoms with Crippen molar-refractivity contribution in [1.29, 1.82) is 0 Å². The fourth-order valence-electron chi connectivity index (χ4n) is 3.27. The maximum Gasteiger partial charge on any atom is 0.267 e. The summed E-state index contributed by atoms with van der Waals surface area (Å²) in [5.74, 6) is -0.503. The smallest absolute Gasteiger partial charge is 0.267 e. The minimum Gasteiger partial charge on any atom is -0.268 e. The van der Waals surface area contributed by atoms with Gasteiger partial charge in [0.05, 0.1) is 11.8 Å². The lowest BCUT2D eigenvalue weighted by Gasteiger charge is -2.20. The number of carbonyl (C=O) groups excluding carboxylic acids is 1. The van der Waals surface area contributed by atoms with Gasteiger partial charge in [-0.1, -0.05) is 72.8 Å². The van der Waals surface area contributed by atoms with Gasteiger partial charge in [-0.15, -0.1) is 0 Å². The molecule has 0 aromatic heterocycles. The second-order valence-corrected chi connectivity index (χ2v) is 6.61. The lowest BCUT2D eigenvalue weighted by molar-refractivity contribution is -0.127. The van der Waals surface area contributed by atoms with E-state index in [1.807, 2.05) is 60.7 Å². The van der Waals surface area contributed by atoms with Crippen molar-refractivity contribution in [2.75, 3.05) is 0 Å². The van der Waals surface area contributed by atoms with Gasteiger partial charge in [-0.2, -0.15) is 5.10 Å². The largest absolute Gasteiger partial charge is 0.268 e. The van der Waals surface area contributed by atoms with Crippen LogP contribution in [0, 0.1) is 5.82 Å². The summed E-state index contributed by atoms with van der Waals surface area (Å²) in [5, 5.41) is 6.10. The first-order valence-electron chi connectivity index (χ1n) is 9.15. The number of benzene rings is 3. The number of hydrogen-bond donors (Lipinski definition) is 0. The van der Waals surface area contributed by atoms with E-state index in [1.165, 1.54) is 23.2 Å². The molecule has 0 N–H and O–H groups in total. The molecule has 1 amide bonds. The topological polar surface area (TPSA) is 32.7 Å². The Bertz CT molecular complexity index is 1010. The van der Waals surface area contributed by atoms with Crippen LogP contribution < -0.4 is 0 Å². The Morgan fingerprint density at radius 3 is 2.25 bits per heavy atom. The number of halogens is 1. The number of hydrazone groups is 1. The van der Waals surface area contributed by atoms with Crippen LogP contribution >= 0.6 is 0 Å². The van der Waals surface area contributed by atoms with Crippen LogP contribution in [0.25, 0.3) is 6.08 Å². The highest BCUT2D eigenvalue weighted by molar-refractivity contribution is 6.04. The van der Waals surface area contributed by atoms with Crippen LogP contribution in [0.3, 0.4) is 0 Å². The fraction of sp³-hybridized carbons (Fsp3) is 0.0833. The number of amides is 1. The summed E-state index contributed by atoms with van der Waals surface area (Å²) in [6.45, 7) is 0. The molecule has 3 nitrogen and oxygen atoms in total. The SMILES string of the molecule is O=C(/C=C/c1ccccc1)N1N=C(c2ccccc2)CC1c1ccc(F)cc1. The average Bonchev–Trinajstić information content (AvgIpc) is 3.19. The second kappa shape index (κ2) is 8.01. The van der Waals surface area contributed by atoms with Crippen molar-refractivity contribution in [2.24, 2.45) is 5.10 Å². The summed E-state index contributed by atoms with van der Waals surface area (Å²) in [6.07, 6.45) is 3.89. The molecule has 0 saturated carbocycles. The van der Waals surface area contributed by atoms with E-state index in [0.29, 0.717) is 6.42 Å². The molecule has 1 aliphatic rings. The lowest BCUT2D eigenvalue weighted by Crippen LogP contribution is -2.25. The van der Waals surface area contributed by atoms with E-state index >= 15 is 0 Å². The molecule has 0 fully saturated rings. The first kappa shape index (κ1) is 17.9. The molecule has 1 aliphatic heterocycles. The predicted molar refractivity (Wildman–Crippen MR) is 109 cm³/mol. The predicted octanol–water partition coefficient (Wildman–Crippen LogP) is 5.22. The van der Waals surface area contributed by atoms with Gasteiger partial charge in [-0.05, 0) is 34.9 Å². The van der Waals surface area contributed by atoms with Gasteiger partial charge >= 0.3 is 0 Å². The van der Waals surface area contributed by atoms with Crippen LogP contribution in [0.2, 0.25) is 0 Å². The van der Waals surface area contributed by atoms with Crippen molar-refractivity contribution in [3.8, 4) is 0 Å². The molecular weight excluding hydrogens is 351 g/mol. The molecule has 0 aliphatic carbocycles. The van der Waals surface area contributed by atoms with Crippen molar-refractivity contribution < 1.29 is 9.18 Å². The highest BCUT2D eigenvalue weighted by Gasteiger charge is 2.32. The summed E-state index contributed by atoms with van der Waals surface area (Å²) in [5.41, 5.74) is 3.63. The normalized spacial score (nSPS) is 16.4. The van der Waals surface area contributed by atoms with E-state index in [-0.39, 0.29) is 17.8 Å². The number of nitrogens with zero attached hydrogens (tertiary/aromatic N) is 2. The molecule has 1 heterocycles. The molecule has 138 valence electrons.